The molecular formula is C25H38O4. The number of carbonyl (C=O) groups is 1. The van der Waals surface area contributed by atoms with Crippen molar-refractivity contribution >= 4 is 5.97 Å². The molecule has 29 heavy (non-hydrogen) atoms. The van der Waals surface area contributed by atoms with E-state index in [2.05, 4.69) is 20.8 Å². The molecule has 4 heteroatoms. The fourth-order valence-corrected chi connectivity index (χ4v) is 8.76. The van der Waals surface area contributed by atoms with Gasteiger partial charge >= 0.3 is 5.97 Å². The number of cyclic esters (lactones) is 1. The molecule has 0 bridgehead atoms. The molecule has 1 N–H and O–H groups in total. The number of hydrogen-bond donors (Lipinski definition) is 1. The Kier molecular flexibility index (Phi) is 4.71. The Morgan fingerprint density at radius 2 is 1.93 bits per heavy atom. The lowest BCUT2D eigenvalue weighted by atomic mass is 9.43. The number of rotatable bonds is 3. The zero-order chi connectivity index (χ0) is 20.4. The second-order valence-electron chi connectivity index (χ2n) is 11.1. The Balaban J connectivity index is 1.41. The minimum atomic E-state index is -0.599. The maximum absolute atomic E-state index is 12.2. The van der Waals surface area contributed by atoms with Crippen LogP contribution in [0.25, 0.3) is 0 Å². The number of carbonyl (C=O) groups excluding carboxylic acids is 1. The number of esters is 1. The van der Waals surface area contributed by atoms with Gasteiger partial charge in [0.05, 0.1) is 11.7 Å². The van der Waals surface area contributed by atoms with Crippen LogP contribution in [0.1, 0.15) is 78.6 Å². The summed E-state index contributed by atoms with van der Waals surface area (Å²) >= 11 is 0. The van der Waals surface area contributed by atoms with Crippen LogP contribution in [-0.4, -0.2) is 36.0 Å². The van der Waals surface area contributed by atoms with Crippen molar-refractivity contribution < 1.29 is 19.4 Å². The number of fused-ring (bicyclic) bond motifs is 5. The van der Waals surface area contributed by atoms with E-state index in [1.807, 2.05) is 0 Å². The van der Waals surface area contributed by atoms with E-state index in [4.69, 9.17) is 9.47 Å². The lowest BCUT2D eigenvalue weighted by Crippen LogP contribution is -2.62. The molecule has 0 saturated heterocycles. The summed E-state index contributed by atoms with van der Waals surface area (Å²) in [4.78, 5) is 11.7. The maximum atomic E-state index is 12.2. The second kappa shape index (κ2) is 6.82. The predicted molar refractivity (Wildman–Crippen MR) is 111 cm³/mol. The summed E-state index contributed by atoms with van der Waals surface area (Å²) in [6, 6.07) is 0. The van der Waals surface area contributed by atoms with Crippen LogP contribution in [-0.2, 0) is 14.3 Å². The molecule has 4 nitrogen and oxygen atoms in total. The van der Waals surface area contributed by atoms with Crippen molar-refractivity contribution in [1.29, 1.82) is 0 Å². The fraction of sp³-hybridized carbons (Fsp3) is 0.880. The van der Waals surface area contributed by atoms with E-state index in [1.165, 1.54) is 32.1 Å². The Bertz CT molecular complexity index is 716. The van der Waals surface area contributed by atoms with E-state index in [1.54, 1.807) is 6.08 Å². The lowest BCUT2D eigenvalue weighted by molar-refractivity contribution is -0.209. The summed E-state index contributed by atoms with van der Waals surface area (Å²) in [7, 11) is 0. The highest BCUT2D eigenvalue weighted by molar-refractivity contribution is 5.85. The number of ether oxygens (including phenoxy) is 2. The molecule has 4 unspecified atom stereocenters. The van der Waals surface area contributed by atoms with E-state index in [0.29, 0.717) is 35.9 Å². The Hall–Kier alpha value is -0.870. The van der Waals surface area contributed by atoms with Crippen LogP contribution in [0.3, 0.4) is 0 Å². The van der Waals surface area contributed by atoms with E-state index in [-0.39, 0.29) is 11.4 Å². The van der Waals surface area contributed by atoms with Crippen LogP contribution < -0.4 is 0 Å². The molecule has 4 aliphatic carbocycles. The molecule has 0 radical (unpaired) electrons. The van der Waals surface area contributed by atoms with Crippen molar-refractivity contribution in [3.63, 3.8) is 0 Å². The third-order valence-corrected chi connectivity index (χ3v) is 10.3. The van der Waals surface area contributed by atoms with E-state index in [0.717, 1.165) is 43.8 Å². The molecule has 5 aliphatic rings. The van der Waals surface area contributed by atoms with Gasteiger partial charge in [-0.15, -0.1) is 0 Å². The van der Waals surface area contributed by atoms with Gasteiger partial charge in [0.15, 0.2) is 0 Å². The molecule has 0 aromatic heterocycles. The third-order valence-electron chi connectivity index (χ3n) is 10.3. The molecule has 0 aromatic carbocycles. The van der Waals surface area contributed by atoms with E-state index >= 15 is 0 Å². The largest absolute Gasteiger partial charge is 0.458 e. The zero-order valence-corrected chi connectivity index (χ0v) is 18.4. The molecular weight excluding hydrogens is 364 g/mol. The molecule has 4 fully saturated rings. The Morgan fingerprint density at radius 3 is 2.66 bits per heavy atom. The summed E-state index contributed by atoms with van der Waals surface area (Å²) in [6.45, 7) is 8.20. The van der Waals surface area contributed by atoms with Crippen molar-refractivity contribution in [3.8, 4) is 0 Å². The van der Waals surface area contributed by atoms with Crippen LogP contribution in [0.5, 0.6) is 0 Å². The van der Waals surface area contributed by atoms with Gasteiger partial charge in [-0.3, -0.25) is 0 Å². The summed E-state index contributed by atoms with van der Waals surface area (Å²) in [5.41, 5.74) is 0.749. The third kappa shape index (κ3) is 2.74. The molecule has 4 saturated carbocycles. The number of aliphatic hydroxyl groups is 1. The van der Waals surface area contributed by atoms with Gasteiger partial charge in [-0.05, 0) is 99.4 Å². The average molecular weight is 403 g/mol. The van der Waals surface area contributed by atoms with Gasteiger partial charge in [-0.1, -0.05) is 13.8 Å². The molecule has 162 valence electrons. The molecule has 1 aliphatic heterocycles. The first-order valence-corrected chi connectivity index (χ1v) is 12.0. The SMILES string of the molecule is CCO[C@H]1CCC2(C)C3CCC4(C)[C@@H](C5=CC(=O)OC5)CC[C@]4(O)C3CC[C@H]2C1. The van der Waals surface area contributed by atoms with Gasteiger partial charge in [-0.25, -0.2) is 4.79 Å². The van der Waals surface area contributed by atoms with Gasteiger partial charge in [-0.2, -0.15) is 0 Å². The lowest BCUT2D eigenvalue weighted by Gasteiger charge is -2.63. The first-order chi connectivity index (χ1) is 13.8. The summed E-state index contributed by atoms with van der Waals surface area (Å²) < 4.78 is 11.2. The van der Waals surface area contributed by atoms with Crippen molar-refractivity contribution in [3.05, 3.63) is 11.6 Å². The topological polar surface area (TPSA) is 55.8 Å². The van der Waals surface area contributed by atoms with Gasteiger partial charge in [0.25, 0.3) is 0 Å². The minimum Gasteiger partial charge on any atom is -0.458 e. The highest BCUT2D eigenvalue weighted by atomic mass is 16.5. The maximum Gasteiger partial charge on any atom is 0.331 e. The van der Waals surface area contributed by atoms with E-state index in [9.17, 15) is 9.90 Å². The molecule has 1 heterocycles. The monoisotopic (exact) mass is 402 g/mol. The quantitative estimate of drug-likeness (QED) is 0.698. The molecule has 8 atom stereocenters. The highest BCUT2D eigenvalue weighted by Gasteiger charge is 2.67. The van der Waals surface area contributed by atoms with Gasteiger partial charge in [0.2, 0.25) is 0 Å². The van der Waals surface area contributed by atoms with E-state index < -0.39 is 5.60 Å². The van der Waals surface area contributed by atoms with Gasteiger partial charge < -0.3 is 14.6 Å². The van der Waals surface area contributed by atoms with Crippen molar-refractivity contribution in [2.24, 2.45) is 34.5 Å². The van der Waals surface area contributed by atoms with Gasteiger partial charge in [0, 0.05) is 18.1 Å². The smallest absolute Gasteiger partial charge is 0.331 e. The van der Waals surface area contributed by atoms with Crippen LogP contribution in [0, 0.1) is 34.5 Å². The molecule has 0 aromatic rings. The Morgan fingerprint density at radius 1 is 1.10 bits per heavy atom. The van der Waals surface area contributed by atoms with Gasteiger partial charge in [0.1, 0.15) is 6.61 Å². The first-order valence-electron chi connectivity index (χ1n) is 12.0. The second-order valence-corrected chi connectivity index (χ2v) is 11.1. The van der Waals surface area contributed by atoms with Crippen LogP contribution in [0.4, 0.5) is 0 Å². The normalized spacial score (nSPS) is 51.7. The first kappa shape index (κ1) is 20.1. The molecule has 0 spiro atoms. The summed E-state index contributed by atoms with van der Waals surface area (Å²) in [5, 5.41) is 12.2. The minimum absolute atomic E-state index is 0.125. The fourth-order valence-electron chi connectivity index (χ4n) is 8.76. The summed E-state index contributed by atoms with van der Waals surface area (Å²) in [6.07, 6.45) is 12.3. The number of hydrogen-bond acceptors (Lipinski definition) is 4. The summed E-state index contributed by atoms with van der Waals surface area (Å²) in [5.74, 6) is 1.85. The zero-order valence-electron chi connectivity index (χ0n) is 18.4. The van der Waals surface area contributed by atoms with Crippen LogP contribution >= 0.6 is 0 Å². The van der Waals surface area contributed by atoms with Crippen molar-refractivity contribution in [2.75, 3.05) is 13.2 Å². The highest BCUT2D eigenvalue weighted by Crippen LogP contribution is 2.69. The molecule has 0 amide bonds. The van der Waals surface area contributed by atoms with Crippen molar-refractivity contribution in [2.45, 2.75) is 90.3 Å². The Labute approximate surface area is 175 Å². The molecule has 5 rings (SSSR count). The van der Waals surface area contributed by atoms with Crippen molar-refractivity contribution in [1.82, 2.24) is 0 Å². The van der Waals surface area contributed by atoms with Crippen LogP contribution in [0.2, 0.25) is 0 Å². The standard InChI is InChI=1S/C25H38O4/c1-4-28-18-7-10-23(2)17(14-18)5-6-21-20(23)8-11-24(3)19(9-12-25(21,24)27)16-13-22(26)29-15-16/h13,17-21,27H,4-12,14-15H2,1-3H3/t17-,18-,19+,20?,21?,23?,24?,25-/m0/s1. The van der Waals surface area contributed by atoms with Crippen LogP contribution in [0.15, 0.2) is 11.6 Å². The average Bonchev–Trinajstić information content (AvgIpc) is 3.23. The predicted octanol–water partition coefficient (Wildman–Crippen LogP) is 4.65.